The number of nitrogens with zero attached hydrogens (tertiary/aromatic N) is 3. The van der Waals surface area contributed by atoms with E-state index in [-0.39, 0.29) is 0 Å². The van der Waals surface area contributed by atoms with Gasteiger partial charge in [0.15, 0.2) is 0 Å². The van der Waals surface area contributed by atoms with Crippen LogP contribution in [-0.4, -0.2) is 29.6 Å². The van der Waals surface area contributed by atoms with E-state index < -0.39 is 0 Å². The lowest BCUT2D eigenvalue weighted by molar-refractivity contribution is 0.384. The van der Waals surface area contributed by atoms with Gasteiger partial charge in [0.1, 0.15) is 5.82 Å². The minimum Gasteiger partial charge on any atom is -0.383 e. The van der Waals surface area contributed by atoms with Crippen LogP contribution in [0.5, 0.6) is 0 Å². The van der Waals surface area contributed by atoms with Crippen LogP contribution in [0.1, 0.15) is 19.3 Å². The van der Waals surface area contributed by atoms with Crippen molar-refractivity contribution in [1.29, 1.82) is 0 Å². The fraction of sp³-hybridized carbons (Fsp3) is 0.467. The van der Waals surface area contributed by atoms with Gasteiger partial charge in [-0.15, -0.1) is 0 Å². The van der Waals surface area contributed by atoms with E-state index in [1.165, 1.54) is 0 Å². The van der Waals surface area contributed by atoms with Crippen molar-refractivity contribution in [1.82, 2.24) is 9.97 Å². The van der Waals surface area contributed by atoms with Gasteiger partial charge in [-0.3, -0.25) is 0 Å². The van der Waals surface area contributed by atoms with Crippen molar-refractivity contribution in [2.75, 3.05) is 30.3 Å². The molecule has 0 atom stereocenters. The summed E-state index contributed by atoms with van der Waals surface area (Å²) in [7, 11) is 0. The van der Waals surface area contributed by atoms with E-state index in [1.54, 1.807) is 0 Å². The van der Waals surface area contributed by atoms with Crippen LogP contribution in [0.25, 0.3) is 10.9 Å². The fourth-order valence-corrected chi connectivity index (χ4v) is 2.89. The first-order chi connectivity index (χ1) is 9.78. The molecule has 4 N–H and O–H groups in total. The summed E-state index contributed by atoms with van der Waals surface area (Å²) < 4.78 is 0. The molecule has 1 saturated heterocycles. The van der Waals surface area contributed by atoms with Gasteiger partial charge in [-0.2, -0.15) is 4.98 Å². The molecule has 0 saturated carbocycles. The Morgan fingerprint density at radius 1 is 1.15 bits per heavy atom. The Kier molecular flexibility index (Phi) is 3.69. The van der Waals surface area contributed by atoms with Gasteiger partial charge in [-0.1, -0.05) is 12.1 Å². The Labute approximate surface area is 119 Å². The number of aromatic nitrogens is 2. The number of benzene rings is 1. The number of para-hydroxylation sites is 1. The number of anilines is 2. The molecule has 1 aliphatic heterocycles. The van der Waals surface area contributed by atoms with Crippen LogP contribution in [0.3, 0.4) is 0 Å². The lowest BCUT2D eigenvalue weighted by atomic mass is 9.94. The molecule has 2 heterocycles. The van der Waals surface area contributed by atoms with E-state index in [9.17, 15) is 0 Å². The van der Waals surface area contributed by atoms with Gasteiger partial charge in [0.2, 0.25) is 5.95 Å². The quantitative estimate of drug-likeness (QED) is 0.889. The van der Waals surface area contributed by atoms with E-state index >= 15 is 0 Å². The standard InChI is InChI=1S/C15H21N5/c16-8-5-11-6-9-20(10-7-11)15-18-13-4-2-1-3-12(13)14(17)19-15/h1-4,11H,5-10,16H2,(H2,17,18,19). The molecule has 1 fully saturated rings. The first-order valence-electron chi connectivity index (χ1n) is 7.25. The van der Waals surface area contributed by atoms with Gasteiger partial charge in [0, 0.05) is 18.5 Å². The zero-order valence-electron chi connectivity index (χ0n) is 11.6. The average molecular weight is 271 g/mol. The second-order valence-corrected chi connectivity index (χ2v) is 5.43. The van der Waals surface area contributed by atoms with Crippen LogP contribution in [0.4, 0.5) is 11.8 Å². The molecule has 0 bridgehead atoms. The molecule has 0 aliphatic carbocycles. The molecule has 5 nitrogen and oxygen atoms in total. The van der Waals surface area contributed by atoms with E-state index in [1.807, 2.05) is 24.3 Å². The van der Waals surface area contributed by atoms with Crippen molar-refractivity contribution in [3.8, 4) is 0 Å². The maximum Gasteiger partial charge on any atom is 0.227 e. The van der Waals surface area contributed by atoms with E-state index in [0.29, 0.717) is 5.82 Å². The third kappa shape index (κ3) is 2.54. The Hall–Kier alpha value is -1.88. The first kappa shape index (κ1) is 13.1. The maximum atomic E-state index is 6.04. The van der Waals surface area contributed by atoms with Gasteiger partial charge in [0.25, 0.3) is 0 Å². The molecular formula is C15H21N5. The van der Waals surface area contributed by atoms with Crippen LogP contribution >= 0.6 is 0 Å². The normalized spacial score (nSPS) is 16.8. The van der Waals surface area contributed by atoms with Crippen LogP contribution < -0.4 is 16.4 Å². The Balaban J connectivity index is 1.81. The number of rotatable bonds is 3. The van der Waals surface area contributed by atoms with Gasteiger partial charge in [-0.05, 0) is 43.9 Å². The SMILES string of the molecule is NCCC1CCN(c2nc(N)c3ccccc3n2)CC1. The van der Waals surface area contributed by atoms with Crippen molar-refractivity contribution in [2.45, 2.75) is 19.3 Å². The molecule has 1 aliphatic rings. The maximum absolute atomic E-state index is 6.04. The summed E-state index contributed by atoms with van der Waals surface area (Å²) in [5.41, 5.74) is 12.6. The van der Waals surface area contributed by atoms with Gasteiger partial charge in [0.05, 0.1) is 5.52 Å². The molecule has 106 valence electrons. The first-order valence-corrected chi connectivity index (χ1v) is 7.25. The van der Waals surface area contributed by atoms with E-state index in [4.69, 9.17) is 11.5 Å². The van der Waals surface area contributed by atoms with Crippen molar-refractivity contribution in [2.24, 2.45) is 11.7 Å². The van der Waals surface area contributed by atoms with Crippen LogP contribution in [0, 0.1) is 5.92 Å². The Morgan fingerprint density at radius 2 is 1.90 bits per heavy atom. The largest absolute Gasteiger partial charge is 0.383 e. The lowest BCUT2D eigenvalue weighted by Crippen LogP contribution is -2.35. The molecule has 20 heavy (non-hydrogen) atoms. The average Bonchev–Trinajstić information content (AvgIpc) is 2.48. The Morgan fingerprint density at radius 3 is 2.65 bits per heavy atom. The molecule has 0 unspecified atom stereocenters. The smallest absolute Gasteiger partial charge is 0.227 e. The zero-order valence-corrected chi connectivity index (χ0v) is 11.6. The third-order valence-corrected chi connectivity index (χ3v) is 4.09. The highest BCUT2D eigenvalue weighted by Crippen LogP contribution is 2.25. The highest BCUT2D eigenvalue weighted by molar-refractivity contribution is 5.88. The van der Waals surface area contributed by atoms with Gasteiger partial charge >= 0.3 is 0 Å². The molecular weight excluding hydrogens is 250 g/mol. The predicted octanol–water partition coefficient (Wildman–Crippen LogP) is 1.78. The number of hydrogen-bond donors (Lipinski definition) is 2. The van der Waals surface area contributed by atoms with Crippen molar-refractivity contribution >= 4 is 22.7 Å². The van der Waals surface area contributed by atoms with Crippen molar-refractivity contribution in [3.05, 3.63) is 24.3 Å². The zero-order chi connectivity index (χ0) is 13.9. The van der Waals surface area contributed by atoms with Gasteiger partial charge < -0.3 is 16.4 Å². The minimum atomic E-state index is 0.565. The monoisotopic (exact) mass is 271 g/mol. The Bertz CT molecular complexity index is 590. The third-order valence-electron chi connectivity index (χ3n) is 4.09. The number of hydrogen-bond acceptors (Lipinski definition) is 5. The molecule has 0 amide bonds. The highest BCUT2D eigenvalue weighted by atomic mass is 15.3. The number of fused-ring (bicyclic) bond motifs is 1. The summed E-state index contributed by atoms with van der Waals surface area (Å²) in [5, 5.41) is 0.925. The molecule has 1 aromatic carbocycles. The topological polar surface area (TPSA) is 81.1 Å². The molecule has 3 rings (SSSR count). The summed E-state index contributed by atoms with van der Waals surface area (Å²) in [4.78, 5) is 11.3. The number of nitrogens with two attached hydrogens (primary N) is 2. The fourth-order valence-electron chi connectivity index (χ4n) is 2.89. The minimum absolute atomic E-state index is 0.565. The summed E-state index contributed by atoms with van der Waals surface area (Å²) in [5.74, 6) is 2.07. The number of nitrogen functional groups attached to an aromatic ring is 1. The van der Waals surface area contributed by atoms with Crippen LogP contribution in [-0.2, 0) is 0 Å². The summed E-state index contributed by atoms with van der Waals surface area (Å²) in [6, 6.07) is 7.88. The van der Waals surface area contributed by atoms with E-state index in [2.05, 4.69) is 14.9 Å². The van der Waals surface area contributed by atoms with Crippen LogP contribution in [0.2, 0.25) is 0 Å². The second-order valence-electron chi connectivity index (χ2n) is 5.43. The molecule has 5 heteroatoms. The van der Waals surface area contributed by atoms with Crippen molar-refractivity contribution in [3.63, 3.8) is 0 Å². The summed E-state index contributed by atoms with van der Waals surface area (Å²) in [6.07, 6.45) is 3.44. The predicted molar refractivity (Wildman–Crippen MR) is 82.6 cm³/mol. The molecule has 0 radical (unpaired) electrons. The van der Waals surface area contributed by atoms with Gasteiger partial charge in [-0.25, -0.2) is 4.98 Å². The van der Waals surface area contributed by atoms with Crippen molar-refractivity contribution < 1.29 is 0 Å². The van der Waals surface area contributed by atoms with E-state index in [0.717, 1.165) is 61.7 Å². The highest BCUT2D eigenvalue weighted by Gasteiger charge is 2.21. The summed E-state index contributed by atoms with van der Waals surface area (Å²) >= 11 is 0. The lowest BCUT2D eigenvalue weighted by Gasteiger charge is -2.32. The molecule has 0 spiro atoms. The number of piperidine rings is 1. The second kappa shape index (κ2) is 5.63. The van der Waals surface area contributed by atoms with Crippen LogP contribution in [0.15, 0.2) is 24.3 Å². The molecule has 2 aromatic rings. The summed E-state index contributed by atoms with van der Waals surface area (Å²) in [6.45, 7) is 2.76. The molecule has 1 aromatic heterocycles.